The monoisotopic (exact) mass is 486 g/mol. The number of anilines is 1. The molecule has 1 N–H and O–H groups in total. The fourth-order valence-corrected chi connectivity index (χ4v) is 4.07. The highest BCUT2D eigenvalue weighted by Gasteiger charge is 2.36. The van der Waals surface area contributed by atoms with Crippen LogP contribution >= 0.6 is 0 Å². The lowest BCUT2D eigenvalue weighted by atomic mass is 9.92. The molecule has 5 rings (SSSR count). The molecule has 0 saturated heterocycles. The van der Waals surface area contributed by atoms with E-state index >= 15 is 0 Å². The maximum atomic E-state index is 12.0. The van der Waals surface area contributed by atoms with Crippen molar-refractivity contribution < 1.29 is 9.32 Å². The molecular weight excluding hydrogens is 456 g/mol. The first-order chi connectivity index (χ1) is 17.4. The second kappa shape index (κ2) is 9.88. The molecule has 0 spiro atoms. The zero-order chi connectivity index (χ0) is 25.2. The molecule has 1 aromatic carbocycles. The van der Waals surface area contributed by atoms with E-state index in [1.807, 2.05) is 12.4 Å². The summed E-state index contributed by atoms with van der Waals surface area (Å²) in [5, 5.41) is 11.8. The Balaban J connectivity index is 1.33. The first-order valence-electron chi connectivity index (χ1n) is 12.1. The average Bonchev–Trinajstić information content (AvgIpc) is 3.37. The van der Waals surface area contributed by atoms with Gasteiger partial charge in [0.15, 0.2) is 5.82 Å². The summed E-state index contributed by atoms with van der Waals surface area (Å²) >= 11 is 0. The Hall–Kier alpha value is -4.08. The molecule has 1 amide bonds. The van der Waals surface area contributed by atoms with E-state index in [-0.39, 0.29) is 24.4 Å². The zero-order valence-electron chi connectivity index (χ0n) is 20.9. The lowest BCUT2D eigenvalue weighted by Gasteiger charge is -2.13. The molecule has 1 unspecified atom stereocenters. The van der Waals surface area contributed by atoms with Gasteiger partial charge in [0.1, 0.15) is 6.54 Å². The van der Waals surface area contributed by atoms with Gasteiger partial charge in [0.25, 0.3) is 5.89 Å². The molecular formula is C26H30N8O2. The molecule has 4 aromatic rings. The summed E-state index contributed by atoms with van der Waals surface area (Å²) in [5.41, 5.74) is 3.86. The predicted octanol–water partition coefficient (Wildman–Crippen LogP) is 3.84. The van der Waals surface area contributed by atoms with Crippen molar-refractivity contribution in [2.24, 2.45) is 5.92 Å². The van der Waals surface area contributed by atoms with Gasteiger partial charge in [-0.1, -0.05) is 29.4 Å². The predicted molar refractivity (Wildman–Crippen MR) is 135 cm³/mol. The summed E-state index contributed by atoms with van der Waals surface area (Å²) in [5.74, 6) is 2.22. The molecule has 10 nitrogen and oxygen atoms in total. The van der Waals surface area contributed by atoms with Gasteiger partial charge >= 0.3 is 0 Å². The van der Waals surface area contributed by atoms with Crippen molar-refractivity contribution >= 4 is 11.9 Å². The lowest BCUT2D eigenvalue weighted by Crippen LogP contribution is -2.26. The molecule has 36 heavy (non-hydrogen) atoms. The number of hydrogen-bond donors (Lipinski definition) is 1. The third-order valence-corrected chi connectivity index (χ3v) is 6.16. The molecule has 0 radical (unpaired) electrons. The molecule has 1 saturated carbocycles. The van der Waals surface area contributed by atoms with Crippen LogP contribution in [-0.2, 0) is 11.3 Å². The molecule has 0 bridgehead atoms. The molecule has 186 valence electrons. The first kappa shape index (κ1) is 23.7. The topological polar surface area (TPSA) is 115 Å². The molecule has 0 aliphatic heterocycles. The van der Waals surface area contributed by atoms with E-state index in [0.717, 1.165) is 29.5 Å². The highest BCUT2D eigenvalue weighted by atomic mass is 16.5. The molecule has 1 atom stereocenters. The minimum atomic E-state index is -0.0390. The minimum absolute atomic E-state index is 0.0390. The van der Waals surface area contributed by atoms with Gasteiger partial charge in [-0.3, -0.25) is 9.48 Å². The smallest absolute Gasteiger partial charge is 0.261 e. The van der Waals surface area contributed by atoms with Crippen molar-refractivity contribution in [1.29, 1.82) is 0 Å². The fraction of sp³-hybridized carbons (Fsp3) is 0.385. The van der Waals surface area contributed by atoms with Crippen LogP contribution in [0, 0.1) is 5.92 Å². The lowest BCUT2D eigenvalue weighted by molar-refractivity contribution is -0.129. The van der Waals surface area contributed by atoms with Crippen LogP contribution in [0.5, 0.6) is 0 Å². The van der Waals surface area contributed by atoms with E-state index in [9.17, 15) is 4.79 Å². The number of benzene rings is 1. The summed E-state index contributed by atoms with van der Waals surface area (Å²) in [6, 6.07) is 8.71. The van der Waals surface area contributed by atoms with E-state index < -0.39 is 0 Å². The quantitative estimate of drug-likeness (QED) is 0.379. The summed E-state index contributed by atoms with van der Waals surface area (Å²) in [6.07, 6.45) is 9.35. The highest BCUT2D eigenvalue weighted by molar-refractivity contribution is 5.75. The Bertz CT molecular complexity index is 1320. The van der Waals surface area contributed by atoms with Crippen LogP contribution in [0.4, 0.5) is 5.95 Å². The largest absolute Gasteiger partial charge is 0.352 e. The van der Waals surface area contributed by atoms with E-state index in [1.54, 1.807) is 31.2 Å². The van der Waals surface area contributed by atoms with Crippen molar-refractivity contribution in [3.05, 3.63) is 60.4 Å². The van der Waals surface area contributed by atoms with Crippen LogP contribution in [-0.4, -0.2) is 60.8 Å². The Kier molecular flexibility index (Phi) is 6.49. The third kappa shape index (κ3) is 5.27. The van der Waals surface area contributed by atoms with E-state index in [0.29, 0.717) is 29.1 Å². The van der Waals surface area contributed by atoms with Crippen LogP contribution < -0.4 is 5.32 Å². The number of likely N-dealkylation sites (N-methyl/N-ethyl adjacent to an activating group) is 1. The highest BCUT2D eigenvalue weighted by Crippen LogP contribution is 2.46. The summed E-state index contributed by atoms with van der Waals surface area (Å²) < 4.78 is 7.17. The van der Waals surface area contributed by atoms with Crippen molar-refractivity contribution in [1.82, 2.24) is 34.8 Å². The number of nitrogens with one attached hydrogen (secondary N) is 1. The standard InChI is InChI=1S/C26H30N8O2/c1-16(2)30-26-27-11-20(12-28-26)17-5-7-18(8-6-17)23(19-9-10-19)24-31-25(36-32-24)21-13-29-34(14-21)15-22(35)33(3)4/h5-8,11-14,16,19,23H,9-10,15H2,1-4H3,(H,27,28,30). The van der Waals surface area contributed by atoms with Gasteiger partial charge in [-0.05, 0) is 43.7 Å². The maximum absolute atomic E-state index is 12.0. The second-order valence-corrected chi connectivity index (χ2v) is 9.70. The van der Waals surface area contributed by atoms with Crippen molar-refractivity contribution in [3.8, 4) is 22.6 Å². The zero-order valence-corrected chi connectivity index (χ0v) is 20.9. The van der Waals surface area contributed by atoms with Crippen molar-refractivity contribution in [2.75, 3.05) is 19.4 Å². The maximum Gasteiger partial charge on any atom is 0.261 e. The summed E-state index contributed by atoms with van der Waals surface area (Å²) in [6.45, 7) is 4.27. The number of carbonyl (C=O) groups is 1. The second-order valence-electron chi connectivity index (χ2n) is 9.70. The molecule has 1 aliphatic carbocycles. The van der Waals surface area contributed by atoms with Gasteiger partial charge in [0, 0.05) is 44.3 Å². The fourth-order valence-electron chi connectivity index (χ4n) is 4.07. The van der Waals surface area contributed by atoms with Crippen molar-refractivity contribution in [2.45, 2.75) is 45.2 Å². The van der Waals surface area contributed by atoms with Crippen LogP contribution in [0.3, 0.4) is 0 Å². The SMILES string of the molecule is CC(C)Nc1ncc(-c2ccc(C(c3noc(-c4cnn(CC(=O)N(C)C)c4)n3)C3CC3)cc2)cn1. The number of aromatic nitrogens is 6. The van der Waals surface area contributed by atoms with Crippen LogP contribution in [0.25, 0.3) is 22.6 Å². The molecule has 3 aromatic heterocycles. The van der Waals surface area contributed by atoms with Gasteiger partial charge in [-0.25, -0.2) is 9.97 Å². The van der Waals surface area contributed by atoms with Crippen LogP contribution in [0.1, 0.15) is 44.0 Å². The average molecular weight is 487 g/mol. The number of carbonyl (C=O) groups excluding carboxylic acids is 1. The number of rotatable bonds is 9. The molecule has 3 heterocycles. The molecule has 10 heteroatoms. The van der Waals surface area contributed by atoms with Gasteiger partial charge in [0.2, 0.25) is 11.9 Å². The van der Waals surface area contributed by atoms with Crippen LogP contribution in [0.2, 0.25) is 0 Å². The Labute approximate surface area is 209 Å². The van der Waals surface area contributed by atoms with E-state index in [4.69, 9.17) is 9.51 Å². The number of amides is 1. The number of nitrogens with zero attached hydrogens (tertiary/aromatic N) is 7. The van der Waals surface area contributed by atoms with Gasteiger partial charge in [0.05, 0.1) is 17.7 Å². The third-order valence-electron chi connectivity index (χ3n) is 6.16. The Morgan fingerprint density at radius 2 is 1.81 bits per heavy atom. The van der Waals surface area contributed by atoms with Gasteiger partial charge in [-0.2, -0.15) is 10.1 Å². The van der Waals surface area contributed by atoms with Crippen LogP contribution in [0.15, 0.2) is 53.6 Å². The van der Waals surface area contributed by atoms with Crippen molar-refractivity contribution in [3.63, 3.8) is 0 Å². The summed E-state index contributed by atoms with van der Waals surface area (Å²) in [4.78, 5) is 27.0. The van der Waals surface area contributed by atoms with E-state index in [1.165, 1.54) is 4.90 Å². The minimum Gasteiger partial charge on any atom is -0.352 e. The summed E-state index contributed by atoms with van der Waals surface area (Å²) in [7, 11) is 3.44. The normalized spacial score (nSPS) is 14.1. The van der Waals surface area contributed by atoms with Gasteiger partial charge < -0.3 is 14.7 Å². The van der Waals surface area contributed by atoms with Gasteiger partial charge in [-0.15, -0.1) is 0 Å². The number of hydrogen-bond acceptors (Lipinski definition) is 8. The van der Waals surface area contributed by atoms with E-state index in [2.05, 4.69) is 63.7 Å². The first-order valence-corrected chi connectivity index (χ1v) is 12.1. The Morgan fingerprint density at radius 3 is 2.44 bits per heavy atom. The Morgan fingerprint density at radius 1 is 1.08 bits per heavy atom. The molecule has 1 aliphatic rings. The molecule has 1 fully saturated rings.